The molecule has 1 aliphatic rings. The summed E-state index contributed by atoms with van der Waals surface area (Å²) in [6.07, 6.45) is -1.57. The van der Waals surface area contributed by atoms with Gasteiger partial charge in [0.15, 0.2) is 0 Å². The van der Waals surface area contributed by atoms with Crippen LogP contribution in [0.4, 0.5) is 4.79 Å². The minimum atomic E-state index is -1.03. The van der Waals surface area contributed by atoms with Crippen LogP contribution in [0.1, 0.15) is 19.8 Å². The molecule has 0 heterocycles. The monoisotopic (exact) mass is 246 g/mol. The van der Waals surface area contributed by atoms with Crippen molar-refractivity contribution in [3.05, 3.63) is 0 Å². The number of nitrogens with one attached hydrogen (secondary N) is 1. The smallest absolute Gasteiger partial charge is 0.317 e. The molecule has 1 rings (SSSR count). The van der Waals surface area contributed by atoms with Crippen molar-refractivity contribution in [2.24, 2.45) is 5.92 Å². The van der Waals surface area contributed by atoms with Gasteiger partial charge in [0.1, 0.15) is 6.10 Å². The van der Waals surface area contributed by atoms with Crippen molar-refractivity contribution >= 4 is 6.03 Å². The van der Waals surface area contributed by atoms with Gasteiger partial charge in [-0.15, -0.1) is 0 Å². The molecule has 0 bridgehead atoms. The van der Waals surface area contributed by atoms with Gasteiger partial charge in [-0.1, -0.05) is 0 Å². The van der Waals surface area contributed by atoms with E-state index in [1.807, 2.05) is 0 Å². The molecule has 0 unspecified atom stereocenters. The topological polar surface area (TPSA) is 93.0 Å². The van der Waals surface area contributed by atoms with Crippen LogP contribution in [0.5, 0.6) is 0 Å². The number of nitrogens with zero attached hydrogens (tertiary/aromatic N) is 1. The normalized spacial score (nSPS) is 35.2. The Hall–Kier alpha value is -0.850. The number of aliphatic hydroxyl groups is 3. The Morgan fingerprint density at radius 3 is 2.35 bits per heavy atom. The zero-order valence-electron chi connectivity index (χ0n) is 10.5. The number of carbonyl (C=O) groups excluding carboxylic acids is 1. The number of aliphatic hydroxyl groups excluding tert-OH is 3. The maximum Gasteiger partial charge on any atom is 0.317 e. The molecule has 2 amide bonds. The highest BCUT2D eigenvalue weighted by molar-refractivity contribution is 5.73. The molecule has 0 aliphatic heterocycles. The van der Waals surface area contributed by atoms with E-state index >= 15 is 0 Å². The highest BCUT2D eigenvalue weighted by Crippen LogP contribution is 2.28. The van der Waals surface area contributed by atoms with E-state index in [1.54, 1.807) is 21.0 Å². The number of hydrogen-bond donors (Lipinski definition) is 4. The number of rotatable bonds is 2. The summed E-state index contributed by atoms with van der Waals surface area (Å²) in [6.45, 7) is 1.60. The lowest BCUT2D eigenvalue weighted by atomic mass is 9.79. The third-order valence-corrected chi connectivity index (χ3v) is 3.35. The van der Waals surface area contributed by atoms with Gasteiger partial charge < -0.3 is 25.5 Å². The molecule has 0 radical (unpaired) electrons. The van der Waals surface area contributed by atoms with E-state index in [9.17, 15) is 20.1 Å². The summed E-state index contributed by atoms with van der Waals surface area (Å²) < 4.78 is 0. The van der Waals surface area contributed by atoms with Crippen LogP contribution in [-0.2, 0) is 0 Å². The van der Waals surface area contributed by atoms with Gasteiger partial charge in [-0.2, -0.15) is 0 Å². The summed E-state index contributed by atoms with van der Waals surface area (Å²) in [7, 11) is 3.22. The Morgan fingerprint density at radius 1 is 1.29 bits per heavy atom. The maximum absolute atomic E-state index is 11.5. The van der Waals surface area contributed by atoms with E-state index in [2.05, 4.69) is 5.32 Å². The Balaban J connectivity index is 2.59. The number of urea groups is 1. The molecule has 1 fully saturated rings. The fraction of sp³-hybridized carbons (Fsp3) is 0.909. The molecular weight excluding hydrogens is 224 g/mol. The fourth-order valence-electron chi connectivity index (χ4n) is 2.18. The van der Waals surface area contributed by atoms with E-state index in [4.69, 9.17) is 0 Å². The first-order chi connectivity index (χ1) is 7.84. The Morgan fingerprint density at radius 2 is 1.88 bits per heavy atom. The molecule has 0 aromatic heterocycles. The van der Waals surface area contributed by atoms with Crippen LogP contribution in [0.15, 0.2) is 0 Å². The van der Waals surface area contributed by atoms with E-state index < -0.39 is 24.4 Å². The highest BCUT2D eigenvalue weighted by atomic mass is 16.3. The SMILES string of the molecule is C[C@H](O)[C@H]1CC[C@H](NC(=O)N(C)C)[C@@H](O)[C@@H]1O. The van der Waals surface area contributed by atoms with Gasteiger partial charge in [0.25, 0.3) is 0 Å². The van der Waals surface area contributed by atoms with Crippen LogP contribution in [0.2, 0.25) is 0 Å². The first-order valence-electron chi connectivity index (χ1n) is 5.86. The Bertz CT molecular complexity index is 270. The molecule has 17 heavy (non-hydrogen) atoms. The predicted molar refractivity (Wildman–Crippen MR) is 62.4 cm³/mol. The molecule has 0 spiro atoms. The van der Waals surface area contributed by atoms with Crippen molar-refractivity contribution in [3.8, 4) is 0 Å². The average molecular weight is 246 g/mol. The second-order valence-electron chi connectivity index (χ2n) is 4.91. The van der Waals surface area contributed by atoms with Gasteiger partial charge in [-0.3, -0.25) is 0 Å². The van der Waals surface area contributed by atoms with Gasteiger partial charge in [0, 0.05) is 20.0 Å². The first-order valence-corrected chi connectivity index (χ1v) is 5.86. The summed E-state index contributed by atoms with van der Waals surface area (Å²) in [5, 5.41) is 31.9. The van der Waals surface area contributed by atoms with Crippen molar-refractivity contribution < 1.29 is 20.1 Å². The fourth-order valence-corrected chi connectivity index (χ4v) is 2.18. The first kappa shape index (κ1) is 14.2. The Kier molecular flexibility index (Phi) is 4.73. The van der Waals surface area contributed by atoms with Crippen LogP contribution >= 0.6 is 0 Å². The van der Waals surface area contributed by atoms with E-state index in [0.29, 0.717) is 12.8 Å². The summed E-state index contributed by atoms with van der Waals surface area (Å²) in [4.78, 5) is 12.8. The summed E-state index contributed by atoms with van der Waals surface area (Å²) in [5.74, 6) is -0.336. The average Bonchev–Trinajstić information content (AvgIpc) is 2.24. The van der Waals surface area contributed by atoms with Gasteiger partial charge in [0.05, 0.1) is 18.2 Å². The predicted octanol–water partition coefficient (Wildman–Crippen LogP) is -0.861. The number of amides is 2. The molecular formula is C11H22N2O4. The molecule has 1 saturated carbocycles. The quantitative estimate of drug-likeness (QED) is 0.510. The molecule has 4 N–H and O–H groups in total. The second-order valence-corrected chi connectivity index (χ2v) is 4.91. The largest absolute Gasteiger partial charge is 0.393 e. The molecule has 6 nitrogen and oxygen atoms in total. The summed E-state index contributed by atoms with van der Waals surface area (Å²) >= 11 is 0. The second kappa shape index (κ2) is 5.66. The third kappa shape index (κ3) is 3.31. The van der Waals surface area contributed by atoms with Gasteiger partial charge >= 0.3 is 6.03 Å². The summed E-state index contributed by atoms with van der Waals surface area (Å²) in [6, 6.07) is -0.758. The number of hydrogen-bond acceptors (Lipinski definition) is 4. The van der Waals surface area contributed by atoms with Gasteiger partial charge in [0.2, 0.25) is 0 Å². The summed E-state index contributed by atoms with van der Waals surface area (Å²) in [5.41, 5.74) is 0. The van der Waals surface area contributed by atoms with Crippen molar-refractivity contribution in [2.75, 3.05) is 14.1 Å². The third-order valence-electron chi connectivity index (χ3n) is 3.35. The minimum absolute atomic E-state index is 0.295. The molecule has 100 valence electrons. The van der Waals surface area contributed by atoms with Crippen molar-refractivity contribution in [1.82, 2.24) is 10.2 Å². The van der Waals surface area contributed by atoms with Gasteiger partial charge in [-0.25, -0.2) is 4.79 Å². The number of carbonyl (C=O) groups is 1. The zero-order chi connectivity index (χ0) is 13.2. The lowest BCUT2D eigenvalue weighted by Crippen LogP contribution is -2.57. The molecule has 0 aromatic rings. The van der Waals surface area contributed by atoms with Crippen LogP contribution in [0.3, 0.4) is 0 Å². The van der Waals surface area contributed by atoms with Crippen molar-refractivity contribution in [2.45, 2.75) is 44.1 Å². The highest BCUT2D eigenvalue weighted by Gasteiger charge is 2.40. The molecule has 6 heteroatoms. The van der Waals surface area contributed by atoms with E-state index in [0.717, 1.165) is 0 Å². The lowest BCUT2D eigenvalue weighted by molar-refractivity contribution is -0.0906. The minimum Gasteiger partial charge on any atom is -0.393 e. The standard InChI is InChI=1S/C11H22N2O4/c1-6(14)7-4-5-8(10(16)9(7)15)12-11(17)13(2)3/h6-10,14-16H,4-5H2,1-3H3,(H,12,17)/t6-,7+,8-,9+,10+/m0/s1. The van der Waals surface area contributed by atoms with Crippen LogP contribution < -0.4 is 5.32 Å². The Labute approximate surface area is 101 Å². The van der Waals surface area contributed by atoms with Crippen LogP contribution in [0, 0.1) is 5.92 Å². The van der Waals surface area contributed by atoms with Crippen molar-refractivity contribution in [1.29, 1.82) is 0 Å². The lowest BCUT2D eigenvalue weighted by Gasteiger charge is -2.39. The zero-order valence-corrected chi connectivity index (χ0v) is 10.5. The van der Waals surface area contributed by atoms with E-state index in [-0.39, 0.29) is 11.9 Å². The molecule has 1 aliphatic carbocycles. The van der Waals surface area contributed by atoms with E-state index in [1.165, 1.54) is 4.90 Å². The van der Waals surface area contributed by atoms with Crippen LogP contribution in [0.25, 0.3) is 0 Å². The molecule has 0 saturated heterocycles. The maximum atomic E-state index is 11.5. The molecule has 5 atom stereocenters. The van der Waals surface area contributed by atoms with Gasteiger partial charge in [-0.05, 0) is 19.8 Å². The molecule has 0 aromatic carbocycles. The van der Waals surface area contributed by atoms with Crippen LogP contribution in [-0.4, -0.2) is 64.7 Å². The van der Waals surface area contributed by atoms with Crippen molar-refractivity contribution in [3.63, 3.8) is 0 Å².